The molecule has 1 unspecified atom stereocenters. The Morgan fingerprint density at radius 1 is 1.17 bits per heavy atom. The van der Waals surface area contributed by atoms with Gasteiger partial charge in [-0.2, -0.15) is 0 Å². The van der Waals surface area contributed by atoms with Crippen molar-refractivity contribution in [3.63, 3.8) is 0 Å². The van der Waals surface area contributed by atoms with Crippen LogP contribution in [0, 0.1) is 5.41 Å². The summed E-state index contributed by atoms with van der Waals surface area (Å²) in [6, 6.07) is 5.73. The number of benzene rings is 1. The van der Waals surface area contributed by atoms with Crippen LogP contribution in [0.1, 0.15) is 57.6 Å². The van der Waals surface area contributed by atoms with Gasteiger partial charge in [0.1, 0.15) is 0 Å². The van der Waals surface area contributed by atoms with E-state index in [1.165, 1.54) is 0 Å². The van der Waals surface area contributed by atoms with Crippen LogP contribution in [0.5, 0.6) is 0 Å². The van der Waals surface area contributed by atoms with Gasteiger partial charge >= 0.3 is 6.03 Å². The fraction of sp³-hybridized carbons (Fsp3) is 0.636. The number of fused-ring (bicyclic) bond motifs is 3. The molecule has 0 radical (unpaired) electrons. The van der Waals surface area contributed by atoms with Gasteiger partial charge in [-0.05, 0) is 73.5 Å². The van der Waals surface area contributed by atoms with E-state index >= 15 is 0 Å². The summed E-state index contributed by atoms with van der Waals surface area (Å²) in [7, 11) is -1.83. The quantitative estimate of drug-likeness (QED) is 0.464. The van der Waals surface area contributed by atoms with E-state index in [0.717, 1.165) is 47.7 Å². The molecular weight excluding hydrogens is 448 g/mol. The zero-order valence-corrected chi connectivity index (χ0v) is 20.5. The minimum atomic E-state index is -1.83. The maximum absolute atomic E-state index is 13.2. The van der Waals surface area contributed by atoms with E-state index < -0.39 is 13.9 Å². The Bertz CT molecular complexity index is 871. The first kappa shape index (κ1) is 21.1. The van der Waals surface area contributed by atoms with Crippen molar-refractivity contribution in [1.82, 2.24) is 10.6 Å². The fourth-order valence-corrected chi connectivity index (χ4v) is 7.04. The highest BCUT2D eigenvalue weighted by atomic mass is 79.9. The van der Waals surface area contributed by atoms with E-state index in [9.17, 15) is 9.59 Å². The Kier molecular flexibility index (Phi) is 4.84. The van der Waals surface area contributed by atoms with Gasteiger partial charge < -0.3 is 9.74 Å². The zero-order valence-electron chi connectivity index (χ0n) is 17.9. The summed E-state index contributed by atoms with van der Waals surface area (Å²) in [4.78, 5) is 25.4. The number of amides is 3. The number of carbonyl (C=O) groups excluding carboxylic acids is 2. The maximum atomic E-state index is 13.2. The molecule has 2 aliphatic carbocycles. The average molecular weight is 479 g/mol. The van der Waals surface area contributed by atoms with Crippen LogP contribution in [0.3, 0.4) is 0 Å². The molecule has 1 aliphatic heterocycles. The average Bonchev–Trinajstić information content (AvgIpc) is 3.05. The third-order valence-electron chi connectivity index (χ3n) is 7.83. The molecule has 2 spiro atoms. The summed E-state index contributed by atoms with van der Waals surface area (Å²) in [6.45, 7) is 11.4. The largest absolute Gasteiger partial charge is 0.414 e. The smallest absolute Gasteiger partial charge is 0.322 e. The maximum Gasteiger partial charge on any atom is 0.322 e. The van der Waals surface area contributed by atoms with Crippen LogP contribution in [0.2, 0.25) is 18.1 Å². The molecule has 29 heavy (non-hydrogen) atoms. The van der Waals surface area contributed by atoms with Crippen molar-refractivity contribution in [2.24, 2.45) is 5.41 Å². The third-order valence-corrected chi connectivity index (χ3v) is 12.9. The lowest BCUT2D eigenvalue weighted by Gasteiger charge is -2.48. The number of hydrogen-bond donors (Lipinski definition) is 2. The van der Waals surface area contributed by atoms with Crippen molar-refractivity contribution in [1.29, 1.82) is 0 Å². The van der Waals surface area contributed by atoms with Crippen molar-refractivity contribution < 1.29 is 14.0 Å². The monoisotopic (exact) mass is 478 g/mol. The van der Waals surface area contributed by atoms with Gasteiger partial charge in [0.25, 0.3) is 5.91 Å². The summed E-state index contributed by atoms with van der Waals surface area (Å²) in [6.07, 6.45) is 4.63. The number of halogens is 1. The Morgan fingerprint density at radius 2 is 1.83 bits per heavy atom. The number of hydrogen-bond acceptors (Lipinski definition) is 3. The van der Waals surface area contributed by atoms with Crippen molar-refractivity contribution in [3.05, 3.63) is 33.8 Å². The van der Waals surface area contributed by atoms with E-state index in [1.807, 2.05) is 12.1 Å². The second-order valence-electron chi connectivity index (χ2n) is 10.5. The number of rotatable bonds is 2. The van der Waals surface area contributed by atoms with E-state index in [0.29, 0.717) is 0 Å². The first-order valence-corrected chi connectivity index (χ1v) is 14.2. The number of carbonyl (C=O) groups is 2. The molecule has 3 amide bonds. The molecule has 2 N–H and O–H groups in total. The Balaban J connectivity index is 1.64. The molecule has 158 valence electrons. The van der Waals surface area contributed by atoms with E-state index in [4.69, 9.17) is 4.43 Å². The second-order valence-corrected chi connectivity index (χ2v) is 16.2. The van der Waals surface area contributed by atoms with Gasteiger partial charge in [0.05, 0.1) is 0 Å². The SMILES string of the molecule is CC(C)(C)[Si](C)(C)OC1CCC2(CC1)Cc1ccc(Br)cc1C21NC(=O)NC1=O. The second kappa shape index (κ2) is 6.66. The molecule has 3 aliphatic rings. The summed E-state index contributed by atoms with van der Waals surface area (Å²) >= 11 is 3.54. The van der Waals surface area contributed by atoms with Crippen LogP contribution in [0.4, 0.5) is 4.79 Å². The van der Waals surface area contributed by atoms with Crippen LogP contribution >= 0.6 is 15.9 Å². The Labute approximate surface area is 182 Å². The summed E-state index contributed by atoms with van der Waals surface area (Å²) in [5.41, 5.74) is 0.846. The van der Waals surface area contributed by atoms with Crippen molar-refractivity contribution >= 4 is 36.2 Å². The highest BCUT2D eigenvalue weighted by Gasteiger charge is 2.66. The van der Waals surface area contributed by atoms with Gasteiger partial charge in [-0.3, -0.25) is 10.1 Å². The minimum Gasteiger partial charge on any atom is -0.414 e. The zero-order chi connectivity index (χ0) is 21.2. The van der Waals surface area contributed by atoms with E-state index in [2.05, 4.69) is 66.5 Å². The van der Waals surface area contributed by atoms with Gasteiger partial charge in [-0.15, -0.1) is 0 Å². The first-order chi connectivity index (χ1) is 13.4. The molecule has 7 heteroatoms. The summed E-state index contributed by atoms with van der Waals surface area (Å²) in [5, 5.41) is 5.76. The van der Waals surface area contributed by atoms with Gasteiger partial charge in [0, 0.05) is 16.0 Å². The Morgan fingerprint density at radius 3 is 2.38 bits per heavy atom. The van der Waals surface area contributed by atoms with Crippen LogP contribution in [-0.2, 0) is 21.2 Å². The van der Waals surface area contributed by atoms with Crippen molar-refractivity contribution in [3.8, 4) is 0 Å². The minimum absolute atomic E-state index is 0.179. The van der Waals surface area contributed by atoms with Crippen molar-refractivity contribution in [2.75, 3.05) is 0 Å². The molecule has 5 nitrogen and oxygen atoms in total. The Hall–Kier alpha value is -1.18. The molecule has 0 aromatic heterocycles. The third kappa shape index (κ3) is 3.11. The van der Waals surface area contributed by atoms with Crippen LogP contribution in [-0.4, -0.2) is 26.4 Å². The predicted octanol–water partition coefficient (Wildman–Crippen LogP) is 4.99. The van der Waals surface area contributed by atoms with Crippen LogP contribution < -0.4 is 10.6 Å². The van der Waals surface area contributed by atoms with Gasteiger partial charge in [-0.25, -0.2) is 4.79 Å². The van der Waals surface area contributed by atoms with Gasteiger partial charge in [-0.1, -0.05) is 42.8 Å². The standard InChI is InChI=1S/C22H31BrN2O3Si/c1-20(2,3)29(4,5)28-16-8-10-21(11-9-16)13-14-6-7-15(23)12-17(14)22(21)18(26)24-19(27)25-22/h6-7,12,16H,8-11,13H2,1-5H3,(H2,24,25,26,27). The molecule has 0 bridgehead atoms. The molecule has 4 rings (SSSR count). The molecule has 1 heterocycles. The van der Waals surface area contributed by atoms with Crippen LogP contribution in [0.25, 0.3) is 0 Å². The molecule has 2 fully saturated rings. The van der Waals surface area contributed by atoms with Gasteiger partial charge in [0.2, 0.25) is 0 Å². The lowest BCUT2D eigenvalue weighted by molar-refractivity contribution is -0.131. The molecule has 1 aromatic rings. The lowest BCUT2D eigenvalue weighted by Crippen LogP contribution is -2.57. The lowest BCUT2D eigenvalue weighted by atomic mass is 9.61. The van der Waals surface area contributed by atoms with Crippen LogP contribution in [0.15, 0.2) is 22.7 Å². The predicted molar refractivity (Wildman–Crippen MR) is 119 cm³/mol. The topological polar surface area (TPSA) is 67.4 Å². The normalized spacial score (nSPS) is 31.9. The highest BCUT2D eigenvalue weighted by molar-refractivity contribution is 9.10. The first-order valence-electron chi connectivity index (χ1n) is 10.5. The molecule has 1 atom stereocenters. The van der Waals surface area contributed by atoms with E-state index in [-0.39, 0.29) is 28.5 Å². The molecule has 1 saturated heterocycles. The number of urea groups is 1. The summed E-state index contributed by atoms with van der Waals surface area (Å²) in [5.74, 6) is -0.205. The summed E-state index contributed by atoms with van der Waals surface area (Å²) < 4.78 is 7.61. The fourth-order valence-electron chi connectivity index (χ4n) is 5.26. The van der Waals surface area contributed by atoms with Gasteiger partial charge in [0.15, 0.2) is 13.9 Å². The number of imide groups is 1. The van der Waals surface area contributed by atoms with E-state index in [1.54, 1.807) is 0 Å². The number of nitrogens with one attached hydrogen (secondary N) is 2. The molecule has 1 aromatic carbocycles. The van der Waals surface area contributed by atoms with Crippen molar-refractivity contribution in [2.45, 2.75) is 82.7 Å². The molecule has 1 saturated carbocycles. The molecular formula is C22H31BrN2O3Si. The highest BCUT2D eigenvalue weighted by Crippen LogP contribution is 2.59.